The molecule has 1 aliphatic rings. The Morgan fingerprint density at radius 1 is 1.26 bits per heavy atom. The second-order valence-electron chi connectivity index (χ2n) is 6.17. The van der Waals surface area contributed by atoms with E-state index >= 15 is 0 Å². The Morgan fingerprint density at radius 2 is 1.96 bits per heavy atom. The van der Waals surface area contributed by atoms with Gasteiger partial charge < -0.3 is 14.4 Å². The Labute approximate surface area is 136 Å². The Hall–Kier alpha value is -1.92. The molecule has 0 atom stereocenters. The van der Waals surface area contributed by atoms with Crippen molar-refractivity contribution in [3.05, 3.63) is 35.3 Å². The SMILES string of the molecule is CCN1CCN(Cc2c(CC(=O)O)nc3c(C)cccn23)CC1. The molecule has 3 heterocycles. The fraction of sp³-hybridized carbons (Fsp3) is 0.529. The summed E-state index contributed by atoms with van der Waals surface area (Å²) >= 11 is 0. The average Bonchev–Trinajstić information content (AvgIpc) is 2.87. The van der Waals surface area contributed by atoms with Gasteiger partial charge in [-0.2, -0.15) is 0 Å². The number of carboxylic acids is 1. The Bertz CT molecular complexity index is 702. The molecule has 1 saturated heterocycles. The van der Waals surface area contributed by atoms with Crippen LogP contribution in [0.5, 0.6) is 0 Å². The van der Waals surface area contributed by atoms with Crippen molar-refractivity contribution in [3.63, 3.8) is 0 Å². The van der Waals surface area contributed by atoms with Crippen LogP contribution in [0.15, 0.2) is 18.3 Å². The van der Waals surface area contributed by atoms with Gasteiger partial charge in [0.25, 0.3) is 0 Å². The van der Waals surface area contributed by atoms with Crippen LogP contribution in [0.3, 0.4) is 0 Å². The number of carboxylic acid groups (broad SMARTS) is 1. The maximum Gasteiger partial charge on any atom is 0.309 e. The minimum Gasteiger partial charge on any atom is -0.481 e. The number of pyridine rings is 1. The molecule has 23 heavy (non-hydrogen) atoms. The first-order valence-electron chi connectivity index (χ1n) is 8.20. The van der Waals surface area contributed by atoms with Crippen LogP contribution in [0.4, 0.5) is 0 Å². The number of rotatable bonds is 5. The summed E-state index contributed by atoms with van der Waals surface area (Å²) in [5.41, 5.74) is 3.63. The predicted molar refractivity (Wildman–Crippen MR) is 88.7 cm³/mol. The van der Waals surface area contributed by atoms with Crippen molar-refractivity contribution in [2.75, 3.05) is 32.7 Å². The highest BCUT2D eigenvalue weighted by Crippen LogP contribution is 2.19. The van der Waals surface area contributed by atoms with Crippen molar-refractivity contribution in [1.29, 1.82) is 0 Å². The zero-order valence-electron chi connectivity index (χ0n) is 13.8. The monoisotopic (exact) mass is 316 g/mol. The number of aryl methyl sites for hydroxylation is 1. The summed E-state index contributed by atoms with van der Waals surface area (Å²) in [6, 6.07) is 4.00. The molecule has 0 spiro atoms. The molecular formula is C17H24N4O2. The number of imidazole rings is 1. The lowest BCUT2D eigenvalue weighted by atomic mass is 10.2. The van der Waals surface area contributed by atoms with Gasteiger partial charge in [-0.15, -0.1) is 0 Å². The molecule has 0 aliphatic carbocycles. The van der Waals surface area contributed by atoms with E-state index in [9.17, 15) is 9.90 Å². The average molecular weight is 316 g/mol. The Balaban J connectivity index is 1.89. The lowest BCUT2D eigenvalue weighted by Crippen LogP contribution is -2.45. The molecule has 0 bridgehead atoms. The summed E-state index contributed by atoms with van der Waals surface area (Å²) in [6.07, 6.45) is 1.96. The molecule has 0 unspecified atom stereocenters. The van der Waals surface area contributed by atoms with Crippen LogP contribution in [0, 0.1) is 6.92 Å². The summed E-state index contributed by atoms with van der Waals surface area (Å²) < 4.78 is 2.06. The van der Waals surface area contributed by atoms with E-state index < -0.39 is 5.97 Å². The summed E-state index contributed by atoms with van der Waals surface area (Å²) in [7, 11) is 0. The Kier molecular flexibility index (Phi) is 4.63. The normalized spacial score (nSPS) is 17.0. The predicted octanol–water partition coefficient (Wildman–Crippen LogP) is 1.41. The molecule has 0 radical (unpaired) electrons. The van der Waals surface area contributed by atoms with Crippen molar-refractivity contribution in [1.82, 2.24) is 19.2 Å². The maximum absolute atomic E-state index is 11.2. The van der Waals surface area contributed by atoms with E-state index in [0.29, 0.717) is 5.69 Å². The van der Waals surface area contributed by atoms with Crippen molar-refractivity contribution >= 4 is 11.6 Å². The molecule has 2 aromatic heterocycles. The highest BCUT2D eigenvalue weighted by Gasteiger charge is 2.21. The maximum atomic E-state index is 11.2. The van der Waals surface area contributed by atoms with Gasteiger partial charge in [0.15, 0.2) is 0 Å². The van der Waals surface area contributed by atoms with E-state index in [1.807, 2.05) is 25.3 Å². The molecule has 6 nitrogen and oxygen atoms in total. The second kappa shape index (κ2) is 6.68. The van der Waals surface area contributed by atoms with Gasteiger partial charge in [0.2, 0.25) is 0 Å². The number of nitrogens with zero attached hydrogens (tertiary/aromatic N) is 4. The Morgan fingerprint density at radius 3 is 2.61 bits per heavy atom. The van der Waals surface area contributed by atoms with Crippen molar-refractivity contribution in [2.24, 2.45) is 0 Å². The first-order valence-corrected chi connectivity index (χ1v) is 8.20. The quantitative estimate of drug-likeness (QED) is 0.904. The van der Waals surface area contributed by atoms with E-state index in [4.69, 9.17) is 0 Å². The minimum atomic E-state index is -0.830. The van der Waals surface area contributed by atoms with Crippen molar-refractivity contribution in [2.45, 2.75) is 26.8 Å². The molecule has 124 valence electrons. The molecule has 0 saturated carbocycles. The van der Waals surface area contributed by atoms with Crippen LogP contribution in [0.2, 0.25) is 0 Å². The van der Waals surface area contributed by atoms with E-state index in [1.165, 1.54) is 0 Å². The van der Waals surface area contributed by atoms with E-state index in [1.54, 1.807) is 0 Å². The van der Waals surface area contributed by atoms with Gasteiger partial charge in [0.05, 0.1) is 17.8 Å². The minimum absolute atomic E-state index is 0.0224. The van der Waals surface area contributed by atoms with Crippen LogP contribution < -0.4 is 0 Å². The summed E-state index contributed by atoms with van der Waals surface area (Å²) in [5.74, 6) is -0.830. The van der Waals surface area contributed by atoms with E-state index in [-0.39, 0.29) is 6.42 Å². The van der Waals surface area contributed by atoms with Crippen LogP contribution in [-0.4, -0.2) is 63.0 Å². The number of carbonyl (C=O) groups is 1. The highest BCUT2D eigenvalue weighted by atomic mass is 16.4. The summed E-state index contributed by atoms with van der Waals surface area (Å²) in [4.78, 5) is 20.6. The number of fused-ring (bicyclic) bond motifs is 1. The molecule has 1 N–H and O–H groups in total. The van der Waals surface area contributed by atoms with Gasteiger partial charge in [-0.3, -0.25) is 9.69 Å². The smallest absolute Gasteiger partial charge is 0.309 e. The fourth-order valence-electron chi connectivity index (χ4n) is 3.23. The van der Waals surface area contributed by atoms with Crippen molar-refractivity contribution < 1.29 is 9.90 Å². The number of hydrogen-bond donors (Lipinski definition) is 1. The summed E-state index contributed by atoms with van der Waals surface area (Å²) in [6.45, 7) is 10.2. The second-order valence-corrected chi connectivity index (χ2v) is 6.17. The lowest BCUT2D eigenvalue weighted by Gasteiger charge is -2.34. The van der Waals surface area contributed by atoms with Gasteiger partial charge >= 0.3 is 5.97 Å². The molecule has 0 aromatic carbocycles. The largest absolute Gasteiger partial charge is 0.481 e. The number of aromatic nitrogens is 2. The van der Waals surface area contributed by atoms with Crippen LogP contribution >= 0.6 is 0 Å². The third-order valence-electron chi connectivity index (χ3n) is 4.63. The third kappa shape index (κ3) is 3.38. The van der Waals surface area contributed by atoms with Gasteiger partial charge in [-0.1, -0.05) is 13.0 Å². The van der Waals surface area contributed by atoms with Crippen molar-refractivity contribution in [3.8, 4) is 0 Å². The third-order valence-corrected chi connectivity index (χ3v) is 4.63. The molecule has 3 rings (SSSR count). The number of likely N-dealkylation sites (N-methyl/N-ethyl adjacent to an activating group) is 1. The molecule has 2 aromatic rings. The fourth-order valence-corrected chi connectivity index (χ4v) is 3.23. The number of piperazine rings is 1. The van der Waals surface area contributed by atoms with E-state index in [0.717, 1.165) is 56.2 Å². The molecular weight excluding hydrogens is 292 g/mol. The van der Waals surface area contributed by atoms with Gasteiger partial charge in [-0.25, -0.2) is 4.98 Å². The molecule has 0 amide bonds. The topological polar surface area (TPSA) is 61.1 Å². The standard InChI is InChI=1S/C17H24N4O2/c1-3-19-7-9-20(10-8-19)12-15-14(11-16(22)23)18-17-13(2)5-4-6-21(15)17/h4-6H,3,7-12H2,1-2H3,(H,22,23). The van der Waals surface area contributed by atoms with Gasteiger partial charge in [-0.05, 0) is 25.1 Å². The molecule has 1 aliphatic heterocycles. The molecule has 6 heteroatoms. The number of aliphatic carboxylic acids is 1. The lowest BCUT2D eigenvalue weighted by molar-refractivity contribution is -0.136. The first kappa shape index (κ1) is 16.0. The first-order chi connectivity index (χ1) is 11.1. The van der Waals surface area contributed by atoms with Crippen LogP contribution in [0.1, 0.15) is 23.9 Å². The highest BCUT2D eigenvalue weighted by molar-refractivity contribution is 5.70. The van der Waals surface area contributed by atoms with Gasteiger partial charge in [0, 0.05) is 38.9 Å². The molecule has 1 fully saturated rings. The van der Waals surface area contributed by atoms with E-state index in [2.05, 4.69) is 26.1 Å². The zero-order chi connectivity index (χ0) is 16.4. The zero-order valence-corrected chi connectivity index (χ0v) is 13.8. The van der Waals surface area contributed by atoms with Crippen LogP contribution in [-0.2, 0) is 17.8 Å². The van der Waals surface area contributed by atoms with Gasteiger partial charge in [0.1, 0.15) is 5.65 Å². The summed E-state index contributed by atoms with van der Waals surface area (Å²) in [5, 5.41) is 9.19. The number of hydrogen-bond acceptors (Lipinski definition) is 4. The van der Waals surface area contributed by atoms with Crippen LogP contribution in [0.25, 0.3) is 5.65 Å².